The molecule has 1 aromatic rings. The van der Waals surface area contributed by atoms with Crippen LogP contribution in [0.2, 0.25) is 0 Å². The minimum atomic E-state index is 0.0787. The van der Waals surface area contributed by atoms with Crippen LogP contribution in [0, 0.1) is 0 Å². The summed E-state index contributed by atoms with van der Waals surface area (Å²) in [5.74, 6) is 1.34. The molecule has 0 spiro atoms. The van der Waals surface area contributed by atoms with Crippen molar-refractivity contribution >= 4 is 5.78 Å². The largest absolute Gasteiger partial charge is 0.490 e. The molecule has 3 nitrogen and oxygen atoms in total. The van der Waals surface area contributed by atoms with Crippen LogP contribution in [0.1, 0.15) is 68.8 Å². The smallest absolute Gasteiger partial charge is 0.167 e. The van der Waals surface area contributed by atoms with Crippen molar-refractivity contribution in [1.29, 1.82) is 0 Å². The molecule has 3 heteroatoms. The van der Waals surface area contributed by atoms with Crippen LogP contribution in [0.15, 0.2) is 18.2 Å². The summed E-state index contributed by atoms with van der Waals surface area (Å²) in [5.41, 5.74) is 1.94. The van der Waals surface area contributed by atoms with E-state index in [0.29, 0.717) is 12.3 Å². The van der Waals surface area contributed by atoms with E-state index in [0.717, 1.165) is 30.9 Å². The Kier molecular flexibility index (Phi) is 6.01. The first-order valence-corrected chi connectivity index (χ1v) is 8.53. The fraction of sp³-hybridized carbons (Fsp3) is 0.632. The summed E-state index contributed by atoms with van der Waals surface area (Å²) in [6.45, 7) is 11.4. The molecular formula is C19H29NO2. The van der Waals surface area contributed by atoms with Gasteiger partial charge in [0.1, 0.15) is 5.75 Å². The Labute approximate surface area is 134 Å². The molecule has 0 aliphatic carbocycles. The highest BCUT2D eigenvalue weighted by atomic mass is 16.5. The SMILES string of the molecule is CC(C)Oc1ccc(C(C)C)cc1C(=O)CCN1CCCC1. The monoisotopic (exact) mass is 303 g/mol. The van der Waals surface area contributed by atoms with E-state index >= 15 is 0 Å². The van der Waals surface area contributed by atoms with Crippen molar-refractivity contribution in [3.63, 3.8) is 0 Å². The molecule has 122 valence electrons. The lowest BCUT2D eigenvalue weighted by Crippen LogP contribution is -2.23. The Morgan fingerprint density at radius 2 is 1.86 bits per heavy atom. The molecule has 0 aromatic heterocycles. The van der Waals surface area contributed by atoms with Crippen LogP contribution >= 0.6 is 0 Å². The lowest BCUT2D eigenvalue weighted by atomic mass is 9.97. The van der Waals surface area contributed by atoms with Crippen LogP contribution in [0.25, 0.3) is 0 Å². The molecule has 1 fully saturated rings. The fourth-order valence-electron chi connectivity index (χ4n) is 2.88. The summed E-state index contributed by atoms with van der Waals surface area (Å²) in [7, 11) is 0. The van der Waals surface area contributed by atoms with E-state index in [1.807, 2.05) is 26.0 Å². The third kappa shape index (κ3) is 4.57. The van der Waals surface area contributed by atoms with E-state index in [1.165, 1.54) is 18.4 Å². The van der Waals surface area contributed by atoms with Crippen molar-refractivity contribution in [2.45, 2.75) is 59.0 Å². The van der Waals surface area contributed by atoms with Gasteiger partial charge in [0.25, 0.3) is 0 Å². The molecule has 0 bridgehead atoms. The maximum absolute atomic E-state index is 12.7. The maximum atomic E-state index is 12.7. The van der Waals surface area contributed by atoms with Gasteiger partial charge in [-0.2, -0.15) is 0 Å². The standard InChI is InChI=1S/C19H29NO2/c1-14(2)16-7-8-19(22-15(3)4)17(13-16)18(21)9-12-20-10-5-6-11-20/h7-8,13-15H,5-6,9-12H2,1-4H3. The summed E-state index contributed by atoms with van der Waals surface area (Å²) in [6.07, 6.45) is 3.18. The Morgan fingerprint density at radius 1 is 1.18 bits per heavy atom. The van der Waals surface area contributed by atoms with E-state index in [-0.39, 0.29) is 11.9 Å². The van der Waals surface area contributed by atoms with Gasteiger partial charge in [0.15, 0.2) is 5.78 Å². The predicted molar refractivity (Wildman–Crippen MR) is 90.9 cm³/mol. The quantitative estimate of drug-likeness (QED) is 0.705. The second kappa shape index (κ2) is 7.77. The molecule has 0 atom stereocenters. The van der Waals surface area contributed by atoms with Gasteiger partial charge in [0.2, 0.25) is 0 Å². The summed E-state index contributed by atoms with van der Waals surface area (Å²) in [4.78, 5) is 15.1. The normalized spacial score (nSPS) is 15.7. The van der Waals surface area contributed by atoms with Gasteiger partial charge in [0, 0.05) is 13.0 Å². The lowest BCUT2D eigenvalue weighted by molar-refractivity contribution is 0.0963. The van der Waals surface area contributed by atoms with Crippen molar-refractivity contribution in [3.05, 3.63) is 29.3 Å². The number of ether oxygens (including phenoxy) is 1. The molecule has 2 rings (SSSR count). The van der Waals surface area contributed by atoms with Gasteiger partial charge >= 0.3 is 0 Å². The van der Waals surface area contributed by atoms with Crippen molar-refractivity contribution in [2.75, 3.05) is 19.6 Å². The van der Waals surface area contributed by atoms with Crippen LogP contribution < -0.4 is 4.74 Å². The number of likely N-dealkylation sites (tertiary alicyclic amines) is 1. The van der Waals surface area contributed by atoms with E-state index in [1.54, 1.807) is 0 Å². The Bertz CT molecular complexity index is 502. The highest BCUT2D eigenvalue weighted by Gasteiger charge is 2.18. The summed E-state index contributed by atoms with van der Waals surface area (Å²) >= 11 is 0. The highest BCUT2D eigenvalue weighted by Crippen LogP contribution is 2.26. The lowest BCUT2D eigenvalue weighted by Gasteiger charge is -2.18. The molecule has 22 heavy (non-hydrogen) atoms. The number of carbonyl (C=O) groups is 1. The molecule has 1 aromatic carbocycles. The molecule has 0 N–H and O–H groups in total. The van der Waals surface area contributed by atoms with Crippen molar-refractivity contribution in [2.24, 2.45) is 0 Å². The van der Waals surface area contributed by atoms with Gasteiger partial charge in [-0.25, -0.2) is 0 Å². The average Bonchev–Trinajstić information content (AvgIpc) is 2.97. The summed E-state index contributed by atoms with van der Waals surface area (Å²) < 4.78 is 5.84. The Hall–Kier alpha value is -1.35. The van der Waals surface area contributed by atoms with Crippen LogP contribution in [0.5, 0.6) is 5.75 Å². The highest BCUT2D eigenvalue weighted by molar-refractivity contribution is 5.99. The number of nitrogens with zero attached hydrogens (tertiary/aromatic N) is 1. The van der Waals surface area contributed by atoms with Crippen LogP contribution in [-0.4, -0.2) is 36.4 Å². The first kappa shape index (κ1) is 17.0. The Balaban J connectivity index is 2.13. The van der Waals surface area contributed by atoms with E-state index in [4.69, 9.17) is 4.74 Å². The average molecular weight is 303 g/mol. The van der Waals surface area contributed by atoms with Gasteiger partial charge in [-0.05, 0) is 63.4 Å². The molecule has 1 aliphatic heterocycles. The van der Waals surface area contributed by atoms with Gasteiger partial charge in [-0.15, -0.1) is 0 Å². The van der Waals surface area contributed by atoms with Gasteiger partial charge in [-0.3, -0.25) is 4.79 Å². The number of hydrogen-bond acceptors (Lipinski definition) is 3. The number of ketones is 1. The third-order valence-electron chi connectivity index (χ3n) is 4.19. The molecule has 0 radical (unpaired) electrons. The third-order valence-corrected chi connectivity index (χ3v) is 4.19. The molecule has 0 saturated carbocycles. The number of hydrogen-bond donors (Lipinski definition) is 0. The number of carbonyl (C=O) groups excluding carboxylic acids is 1. The topological polar surface area (TPSA) is 29.5 Å². The molecule has 0 unspecified atom stereocenters. The first-order chi connectivity index (χ1) is 10.5. The zero-order chi connectivity index (χ0) is 16.1. The summed E-state index contributed by atoms with van der Waals surface area (Å²) in [5, 5.41) is 0. The van der Waals surface area contributed by atoms with Crippen molar-refractivity contribution in [1.82, 2.24) is 4.90 Å². The maximum Gasteiger partial charge on any atom is 0.167 e. The number of rotatable bonds is 7. The fourth-order valence-corrected chi connectivity index (χ4v) is 2.88. The van der Waals surface area contributed by atoms with E-state index in [9.17, 15) is 4.79 Å². The van der Waals surface area contributed by atoms with Crippen LogP contribution in [-0.2, 0) is 0 Å². The second-order valence-electron chi connectivity index (χ2n) is 6.80. The van der Waals surface area contributed by atoms with Crippen molar-refractivity contribution in [3.8, 4) is 5.75 Å². The van der Waals surface area contributed by atoms with Gasteiger partial charge in [-0.1, -0.05) is 19.9 Å². The molecular weight excluding hydrogens is 274 g/mol. The summed E-state index contributed by atoms with van der Waals surface area (Å²) in [6, 6.07) is 6.05. The van der Waals surface area contributed by atoms with E-state index in [2.05, 4.69) is 24.8 Å². The molecule has 1 aliphatic rings. The minimum Gasteiger partial charge on any atom is -0.490 e. The first-order valence-electron chi connectivity index (χ1n) is 8.53. The Morgan fingerprint density at radius 3 is 2.45 bits per heavy atom. The zero-order valence-corrected chi connectivity index (χ0v) is 14.4. The predicted octanol–water partition coefficient (Wildman–Crippen LogP) is 4.27. The van der Waals surface area contributed by atoms with Crippen molar-refractivity contribution < 1.29 is 9.53 Å². The molecule has 1 saturated heterocycles. The second-order valence-corrected chi connectivity index (χ2v) is 6.80. The van der Waals surface area contributed by atoms with E-state index < -0.39 is 0 Å². The zero-order valence-electron chi connectivity index (χ0n) is 14.4. The number of Topliss-reactive ketones (excluding diaryl/α,β-unsaturated/α-hetero) is 1. The van der Waals surface area contributed by atoms with Crippen LogP contribution in [0.4, 0.5) is 0 Å². The minimum absolute atomic E-state index is 0.0787. The van der Waals surface area contributed by atoms with Crippen LogP contribution in [0.3, 0.4) is 0 Å². The number of benzene rings is 1. The molecule has 0 amide bonds. The van der Waals surface area contributed by atoms with Gasteiger partial charge < -0.3 is 9.64 Å². The molecule has 1 heterocycles. The van der Waals surface area contributed by atoms with Gasteiger partial charge in [0.05, 0.1) is 11.7 Å².